The van der Waals surface area contributed by atoms with Crippen molar-refractivity contribution >= 4 is 39.1 Å². The van der Waals surface area contributed by atoms with Crippen molar-refractivity contribution in [1.82, 2.24) is 0 Å². The van der Waals surface area contributed by atoms with Gasteiger partial charge in [0.05, 0.1) is 5.02 Å². The molecule has 0 saturated carbocycles. The van der Waals surface area contributed by atoms with Gasteiger partial charge in [-0.3, -0.25) is 4.79 Å². The fourth-order valence-corrected chi connectivity index (χ4v) is 2.34. The van der Waals surface area contributed by atoms with Crippen LogP contribution in [0, 0.1) is 13.8 Å². The number of nitrogens with one attached hydrogen (secondary N) is 1. The molecule has 0 aromatic heterocycles. The van der Waals surface area contributed by atoms with Crippen LogP contribution < -0.4 is 10.1 Å². The van der Waals surface area contributed by atoms with E-state index in [1.807, 2.05) is 32.0 Å². The van der Waals surface area contributed by atoms with Gasteiger partial charge in [-0.25, -0.2) is 0 Å². The highest BCUT2D eigenvalue weighted by Gasteiger charge is 2.16. The minimum absolute atomic E-state index is 0.223. The number of aryl methyl sites for hydroxylation is 1. The van der Waals surface area contributed by atoms with Crippen LogP contribution >= 0.6 is 27.5 Å². The molecule has 0 aliphatic carbocycles. The second-order valence-corrected chi connectivity index (χ2v) is 6.34. The molecule has 0 unspecified atom stereocenters. The van der Waals surface area contributed by atoms with E-state index in [1.54, 1.807) is 25.1 Å². The van der Waals surface area contributed by atoms with E-state index >= 15 is 0 Å². The van der Waals surface area contributed by atoms with E-state index < -0.39 is 6.10 Å². The minimum atomic E-state index is -0.608. The Kier molecular flexibility index (Phi) is 5.48. The molecule has 3 nitrogen and oxygen atoms in total. The molecule has 1 N–H and O–H groups in total. The average molecular weight is 383 g/mol. The van der Waals surface area contributed by atoms with Crippen molar-refractivity contribution in [3.05, 3.63) is 57.0 Å². The van der Waals surface area contributed by atoms with Crippen LogP contribution in [0.2, 0.25) is 5.02 Å². The lowest BCUT2D eigenvalue weighted by atomic mass is 10.1. The number of anilines is 1. The zero-order valence-electron chi connectivity index (χ0n) is 12.6. The van der Waals surface area contributed by atoms with Crippen LogP contribution in [-0.4, -0.2) is 12.0 Å². The van der Waals surface area contributed by atoms with Crippen LogP contribution in [0.3, 0.4) is 0 Å². The summed E-state index contributed by atoms with van der Waals surface area (Å²) in [5.74, 6) is 0.496. The summed E-state index contributed by atoms with van der Waals surface area (Å²) in [4.78, 5) is 12.2. The van der Waals surface area contributed by atoms with Gasteiger partial charge in [0.15, 0.2) is 6.10 Å². The van der Waals surface area contributed by atoms with Gasteiger partial charge in [-0.05, 0) is 72.1 Å². The largest absolute Gasteiger partial charge is 0.481 e. The SMILES string of the molecule is Cc1cccc(O[C@@H](C)C(=O)Nc2ccc(Br)c(Cl)c2)c1C. The summed E-state index contributed by atoms with van der Waals surface area (Å²) in [6, 6.07) is 11.0. The third-order valence-corrected chi connectivity index (χ3v) is 4.65. The molecule has 1 amide bonds. The van der Waals surface area contributed by atoms with Gasteiger partial charge in [0.25, 0.3) is 5.91 Å². The van der Waals surface area contributed by atoms with Gasteiger partial charge < -0.3 is 10.1 Å². The van der Waals surface area contributed by atoms with Crippen LogP contribution in [0.15, 0.2) is 40.9 Å². The molecule has 0 fully saturated rings. The number of benzene rings is 2. The Bertz CT molecular complexity index is 703. The molecule has 2 aromatic carbocycles. The van der Waals surface area contributed by atoms with Gasteiger partial charge in [-0.2, -0.15) is 0 Å². The standard InChI is InChI=1S/C17H17BrClNO2/c1-10-5-4-6-16(11(10)2)22-12(3)17(21)20-13-7-8-14(18)15(19)9-13/h4-9,12H,1-3H3,(H,20,21)/t12-/m0/s1. The second kappa shape index (κ2) is 7.16. The lowest BCUT2D eigenvalue weighted by Crippen LogP contribution is -2.30. The Balaban J connectivity index is 2.06. The van der Waals surface area contributed by atoms with Crippen LogP contribution in [0.4, 0.5) is 5.69 Å². The normalized spacial score (nSPS) is 11.9. The van der Waals surface area contributed by atoms with Crippen molar-refractivity contribution in [2.75, 3.05) is 5.32 Å². The highest BCUT2D eigenvalue weighted by atomic mass is 79.9. The summed E-state index contributed by atoms with van der Waals surface area (Å²) in [5, 5.41) is 3.34. The Morgan fingerprint density at radius 3 is 2.68 bits per heavy atom. The van der Waals surface area contributed by atoms with E-state index in [-0.39, 0.29) is 5.91 Å². The summed E-state index contributed by atoms with van der Waals surface area (Å²) < 4.78 is 6.54. The third kappa shape index (κ3) is 4.02. The number of carbonyl (C=O) groups excluding carboxylic acids is 1. The van der Waals surface area contributed by atoms with Crippen LogP contribution in [-0.2, 0) is 4.79 Å². The molecule has 0 aliphatic rings. The van der Waals surface area contributed by atoms with Crippen molar-refractivity contribution in [2.45, 2.75) is 26.9 Å². The number of carbonyl (C=O) groups is 1. The molecule has 0 heterocycles. The molecule has 0 bridgehead atoms. The van der Waals surface area contributed by atoms with E-state index in [1.165, 1.54) is 0 Å². The Hall–Kier alpha value is -1.52. The fraction of sp³-hybridized carbons (Fsp3) is 0.235. The molecule has 116 valence electrons. The van der Waals surface area contributed by atoms with Crippen LogP contribution in [0.25, 0.3) is 0 Å². The molecule has 22 heavy (non-hydrogen) atoms. The van der Waals surface area contributed by atoms with Crippen molar-refractivity contribution in [3.8, 4) is 5.75 Å². The summed E-state index contributed by atoms with van der Waals surface area (Å²) in [6.45, 7) is 5.71. The Morgan fingerprint density at radius 1 is 1.27 bits per heavy atom. The molecule has 0 radical (unpaired) electrons. The molecule has 0 saturated heterocycles. The van der Waals surface area contributed by atoms with E-state index in [2.05, 4.69) is 21.2 Å². The summed E-state index contributed by atoms with van der Waals surface area (Å²) in [7, 11) is 0. The molecule has 2 rings (SSSR count). The minimum Gasteiger partial charge on any atom is -0.481 e. The van der Waals surface area contributed by atoms with Crippen molar-refractivity contribution in [2.24, 2.45) is 0 Å². The predicted octanol–water partition coefficient (Wildman–Crippen LogP) is 5.13. The molecular weight excluding hydrogens is 366 g/mol. The molecular formula is C17H17BrClNO2. The quantitative estimate of drug-likeness (QED) is 0.796. The maximum absolute atomic E-state index is 12.2. The van der Waals surface area contributed by atoms with Crippen LogP contribution in [0.5, 0.6) is 5.75 Å². The summed E-state index contributed by atoms with van der Waals surface area (Å²) >= 11 is 9.33. The number of rotatable bonds is 4. The first-order valence-electron chi connectivity index (χ1n) is 6.87. The zero-order valence-corrected chi connectivity index (χ0v) is 15.0. The van der Waals surface area contributed by atoms with E-state index in [0.717, 1.165) is 21.3 Å². The zero-order chi connectivity index (χ0) is 16.3. The van der Waals surface area contributed by atoms with E-state index in [9.17, 15) is 4.79 Å². The third-order valence-electron chi connectivity index (χ3n) is 3.42. The number of hydrogen-bond acceptors (Lipinski definition) is 2. The highest BCUT2D eigenvalue weighted by molar-refractivity contribution is 9.10. The smallest absolute Gasteiger partial charge is 0.265 e. The molecule has 2 aromatic rings. The molecule has 1 atom stereocenters. The van der Waals surface area contributed by atoms with Crippen molar-refractivity contribution in [3.63, 3.8) is 0 Å². The lowest BCUT2D eigenvalue weighted by molar-refractivity contribution is -0.122. The maximum Gasteiger partial charge on any atom is 0.265 e. The van der Waals surface area contributed by atoms with Crippen LogP contribution in [0.1, 0.15) is 18.1 Å². The van der Waals surface area contributed by atoms with Crippen molar-refractivity contribution in [1.29, 1.82) is 0 Å². The maximum atomic E-state index is 12.2. The lowest BCUT2D eigenvalue weighted by Gasteiger charge is -2.17. The first-order chi connectivity index (χ1) is 10.4. The topological polar surface area (TPSA) is 38.3 Å². The van der Waals surface area contributed by atoms with Gasteiger partial charge >= 0.3 is 0 Å². The summed E-state index contributed by atoms with van der Waals surface area (Å²) in [6.07, 6.45) is -0.608. The summed E-state index contributed by atoms with van der Waals surface area (Å²) in [5.41, 5.74) is 2.80. The van der Waals surface area contributed by atoms with Gasteiger partial charge in [0.1, 0.15) is 5.75 Å². The van der Waals surface area contributed by atoms with Gasteiger partial charge in [-0.1, -0.05) is 23.7 Å². The van der Waals surface area contributed by atoms with Crippen molar-refractivity contribution < 1.29 is 9.53 Å². The molecule has 0 spiro atoms. The number of amides is 1. The molecule has 5 heteroatoms. The average Bonchev–Trinajstić information content (AvgIpc) is 2.47. The van der Waals surface area contributed by atoms with Gasteiger partial charge in [-0.15, -0.1) is 0 Å². The van der Waals surface area contributed by atoms with E-state index in [0.29, 0.717) is 10.7 Å². The van der Waals surface area contributed by atoms with Gasteiger partial charge in [0.2, 0.25) is 0 Å². The molecule has 0 aliphatic heterocycles. The Morgan fingerprint density at radius 2 is 2.00 bits per heavy atom. The number of ether oxygens (including phenoxy) is 1. The first kappa shape index (κ1) is 16.8. The number of hydrogen-bond donors (Lipinski definition) is 1. The number of halogens is 2. The monoisotopic (exact) mass is 381 g/mol. The van der Waals surface area contributed by atoms with E-state index in [4.69, 9.17) is 16.3 Å². The predicted molar refractivity (Wildman–Crippen MR) is 93.8 cm³/mol. The Labute approximate surface area is 143 Å². The highest BCUT2D eigenvalue weighted by Crippen LogP contribution is 2.26. The second-order valence-electron chi connectivity index (χ2n) is 5.08. The van der Waals surface area contributed by atoms with Gasteiger partial charge in [0, 0.05) is 10.2 Å². The first-order valence-corrected chi connectivity index (χ1v) is 8.04. The fourth-order valence-electron chi connectivity index (χ4n) is 1.91.